The Morgan fingerprint density at radius 3 is 2.80 bits per heavy atom. The average Bonchev–Trinajstić information content (AvgIpc) is 2.70. The molecule has 2 unspecified atom stereocenters. The first-order valence-corrected chi connectivity index (χ1v) is 5.87. The number of nitrogens with zero attached hydrogens (tertiary/aromatic N) is 3. The largest absolute Gasteiger partial charge is 0.322 e. The van der Waals surface area contributed by atoms with Crippen LogP contribution in [-0.4, -0.2) is 15.0 Å². The second-order valence-electron chi connectivity index (χ2n) is 3.65. The van der Waals surface area contributed by atoms with Crippen LogP contribution in [0.2, 0.25) is 0 Å². The Morgan fingerprint density at radius 1 is 1.40 bits per heavy atom. The predicted molar refractivity (Wildman–Crippen MR) is 61.6 cm³/mol. The van der Waals surface area contributed by atoms with E-state index < -0.39 is 0 Å². The highest BCUT2D eigenvalue weighted by Crippen LogP contribution is 2.27. The van der Waals surface area contributed by atoms with Crippen LogP contribution in [0.3, 0.4) is 0 Å². The zero-order valence-corrected chi connectivity index (χ0v) is 9.66. The van der Waals surface area contributed by atoms with Gasteiger partial charge in [0, 0.05) is 12.4 Å². The molecule has 5 heteroatoms. The van der Waals surface area contributed by atoms with Gasteiger partial charge < -0.3 is 5.73 Å². The van der Waals surface area contributed by atoms with Crippen LogP contribution in [0.1, 0.15) is 31.3 Å². The first kappa shape index (κ1) is 10.4. The quantitative estimate of drug-likeness (QED) is 0.864. The van der Waals surface area contributed by atoms with Crippen molar-refractivity contribution in [3.05, 3.63) is 17.4 Å². The third-order valence-corrected chi connectivity index (χ3v) is 3.66. The van der Waals surface area contributed by atoms with Gasteiger partial charge in [0.2, 0.25) is 0 Å². The highest BCUT2D eigenvalue weighted by Gasteiger charge is 2.17. The molecule has 0 radical (unpaired) electrons. The fourth-order valence-corrected chi connectivity index (χ4v) is 2.33. The van der Waals surface area contributed by atoms with Crippen molar-refractivity contribution >= 4 is 21.8 Å². The number of hydrogen-bond donors (Lipinski definition) is 1. The average molecular weight is 222 g/mol. The van der Waals surface area contributed by atoms with Gasteiger partial charge in [0.25, 0.3) is 0 Å². The summed E-state index contributed by atoms with van der Waals surface area (Å²) >= 11 is 1.54. The van der Waals surface area contributed by atoms with E-state index in [-0.39, 0.29) is 6.04 Å². The van der Waals surface area contributed by atoms with Crippen molar-refractivity contribution in [1.82, 2.24) is 15.0 Å². The molecule has 0 fully saturated rings. The monoisotopic (exact) mass is 222 g/mol. The zero-order valence-electron chi connectivity index (χ0n) is 8.84. The SMILES string of the molecule is CCC(C)C(N)c1nc2nccnc2s1. The van der Waals surface area contributed by atoms with Crippen molar-refractivity contribution in [2.45, 2.75) is 26.3 Å². The maximum atomic E-state index is 6.11. The van der Waals surface area contributed by atoms with Gasteiger partial charge in [-0.1, -0.05) is 31.6 Å². The molecule has 0 saturated carbocycles. The molecule has 2 rings (SSSR count). The summed E-state index contributed by atoms with van der Waals surface area (Å²) in [5, 5.41) is 0.936. The Labute approximate surface area is 92.6 Å². The minimum absolute atomic E-state index is 0.00370. The number of rotatable bonds is 3. The summed E-state index contributed by atoms with van der Waals surface area (Å²) in [5.74, 6) is 0.436. The molecule has 0 aliphatic heterocycles. The smallest absolute Gasteiger partial charge is 0.189 e. The van der Waals surface area contributed by atoms with E-state index in [0.717, 1.165) is 16.3 Å². The first-order valence-electron chi connectivity index (χ1n) is 5.05. The molecule has 2 aromatic rings. The fourth-order valence-electron chi connectivity index (χ4n) is 1.33. The second kappa shape index (κ2) is 4.20. The number of hydrogen-bond acceptors (Lipinski definition) is 5. The standard InChI is InChI=1S/C10H14N4S/c1-3-6(2)7(11)9-14-8-10(15-9)13-5-4-12-8/h4-7H,3,11H2,1-2H3. The van der Waals surface area contributed by atoms with Gasteiger partial charge >= 0.3 is 0 Å². The van der Waals surface area contributed by atoms with Crippen LogP contribution in [-0.2, 0) is 0 Å². The van der Waals surface area contributed by atoms with Gasteiger partial charge in [-0.3, -0.25) is 0 Å². The third kappa shape index (κ3) is 1.98. The van der Waals surface area contributed by atoms with Crippen molar-refractivity contribution in [3.8, 4) is 0 Å². The van der Waals surface area contributed by atoms with E-state index in [9.17, 15) is 0 Å². The molecular weight excluding hydrogens is 208 g/mol. The number of aromatic nitrogens is 3. The van der Waals surface area contributed by atoms with Gasteiger partial charge in [-0.15, -0.1) is 0 Å². The molecule has 0 aliphatic rings. The normalized spacial score (nSPS) is 15.4. The maximum absolute atomic E-state index is 6.11. The van der Waals surface area contributed by atoms with Crippen LogP contribution >= 0.6 is 11.3 Å². The Balaban J connectivity index is 2.36. The van der Waals surface area contributed by atoms with Crippen molar-refractivity contribution in [1.29, 1.82) is 0 Å². The van der Waals surface area contributed by atoms with Gasteiger partial charge in [0.1, 0.15) is 5.01 Å². The number of nitrogens with two attached hydrogens (primary N) is 1. The summed E-state index contributed by atoms with van der Waals surface area (Å²) in [6.07, 6.45) is 4.39. The van der Waals surface area contributed by atoms with E-state index >= 15 is 0 Å². The topological polar surface area (TPSA) is 64.7 Å². The van der Waals surface area contributed by atoms with E-state index in [4.69, 9.17) is 5.73 Å². The number of thiazole rings is 1. The van der Waals surface area contributed by atoms with Crippen LogP contribution in [0.25, 0.3) is 10.5 Å². The summed E-state index contributed by atoms with van der Waals surface area (Å²) in [5.41, 5.74) is 6.81. The molecule has 2 heterocycles. The molecule has 4 nitrogen and oxygen atoms in total. The lowest BCUT2D eigenvalue weighted by molar-refractivity contribution is 0.456. The summed E-state index contributed by atoms with van der Waals surface area (Å²) in [6.45, 7) is 4.27. The van der Waals surface area contributed by atoms with Crippen LogP contribution in [0.15, 0.2) is 12.4 Å². The molecule has 2 atom stereocenters. The molecule has 80 valence electrons. The van der Waals surface area contributed by atoms with E-state index in [0.29, 0.717) is 11.6 Å². The van der Waals surface area contributed by atoms with Crippen molar-refractivity contribution < 1.29 is 0 Å². The molecule has 2 aromatic heterocycles. The highest BCUT2D eigenvalue weighted by atomic mass is 32.1. The first-order chi connectivity index (χ1) is 7.22. The molecule has 0 amide bonds. The molecular formula is C10H14N4S. The second-order valence-corrected chi connectivity index (χ2v) is 4.66. The Morgan fingerprint density at radius 2 is 2.13 bits per heavy atom. The Hall–Kier alpha value is -1.07. The molecule has 15 heavy (non-hydrogen) atoms. The number of fused-ring (bicyclic) bond motifs is 1. The fraction of sp³-hybridized carbons (Fsp3) is 0.500. The van der Waals surface area contributed by atoms with E-state index in [1.165, 1.54) is 11.3 Å². The summed E-state index contributed by atoms with van der Waals surface area (Å²) in [7, 11) is 0. The molecule has 2 N–H and O–H groups in total. The Kier molecular flexibility index (Phi) is 2.93. The molecule has 0 bridgehead atoms. The van der Waals surface area contributed by atoms with Crippen LogP contribution in [0.5, 0.6) is 0 Å². The van der Waals surface area contributed by atoms with Crippen molar-refractivity contribution in [2.75, 3.05) is 0 Å². The third-order valence-electron chi connectivity index (χ3n) is 2.61. The Bertz CT molecular complexity index is 420. The zero-order chi connectivity index (χ0) is 10.8. The molecule has 0 spiro atoms. The van der Waals surface area contributed by atoms with Crippen molar-refractivity contribution in [2.24, 2.45) is 11.7 Å². The van der Waals surface area contributed by atoms with Crippen molar-refractivity contribution in [3.63, 3.8) is 0 Å². The van der Waals surface area contributed by atoms with Gasteiger partial charge in [-0.05, 0) is 5.92 Å². The summed E-state index contributed by atoms with van der Waals surface area (Å²) in [6, 6.07) is -0.00370. The lowest BCUT2D eigenvalue weighted by Gasteiger charge is -2.14. The van der Waals surface area contributed by atoms with Gasteiger partial charge in [0.05, 0.1) is 6.04 Å². The van der Waals surface area contributed by atoms with E-state index in [1.807, 2.05) is 0 Å². The van der Waals surface area contributed by atoms with Gasteiger partial charge in [0.15, 0.2) is 10.5 Å². The van der Waals surface area contributed by atoms with E-state index in [1.54, 1.807) is 12.4 Å². The van der Waals surface area contributed by atoms with Gasteiger partial charge in [-0.2, -0.15) is 0 Å². The summed E-state index contributed by atoms with van der Waals surface area (Å²) in [4.78, 5) is 13.6. The molecule has 0 aliphatic carbocycles. The molecule has 0 aromatic carbocycles. The lowest BCUT2D eigenvalue weighted by Crippen LogP contribution is -2.18. The molecule has 0 saturated heterocycles. The lowest BCUT2D eigenvalue weighted by atomic mass is 10.0. The summed E-state index contributed by atoms with van der Waals surface area (Å²) < 4.78 is 0. The minimum Gasteiger partial charge on any atom is -0.322 e. The van der Waals surface area contributed by atoms with Crippen LogP contribution in [0.4, 0.5) is 0 Å². The minimum atomic E-state index is -0.00370. The van der Waals surface area contributed by atoms with E-state index in [2.05, 4.69) is 28.8 Å². The van der Waals surface area contributed by atoms with Gasteiger partial charge in [-0.25, -0.2) is 15.0 Å². The highest BCUT2D eigenvalue weighted by molar-refractivity contribution is 7.18. The van der Waals surface area contributed by atoms with Crippen LogP contribution in [0, 0.1) is 5.92 Å². The maximum Gasteiger partial charge on any atom is 0.189 e. The predicted octanol–water partition coefficient (Wildman–Crippen LogP) is 2.13. The van der Waals surface area contributed by atoms with Crippen LogP contribution < -0.4 is 5.73 Å².